The van der Waals surface area contributed by atoms with Crippen LogP contribution in [0.5, 0.6) is 5.75 Å². The molecule has 33 heavy (non-hydrogen) atoms. The van der Waals surface area contributed by atoms with E-state index in [2.05, 4.69) is 0 Å². The number of imide groups is 1. The highest BCUT2D eigenvalue weighted by Crippen LogP contribution is 2.32. The molecule has 0 aliphatic carbocycles. The Labute approximate surface area is 197 Å². The van der Waals surface area contributed by atoms with E-state index in [0.717, 1.165) is 67.4 Å². The van der Waals surface area contributed by atoms with Crippen molar-refractivity contribution in [2.75, 3.05) is 39.3 Å². The van der Waals surface area contributed by atoms with Gasteiger partial charge in [-0.15, -0.1) is 0 Å². The Bertz CT molecular complexity index is 934. The lowest BCUT2D eigenvalue weighted by molar-refractivity contribution is -0.136. The second kappa shape index (κ2) is 10.9. The van der Waals surface area contributed by atoms with E-state index in [4.69, 9.17) is 4.74 Å². The first-order valence-corrected chi connectivity index (χ1v) is 12.4. The molecule has 0 spiro atoms. The molecule has 176 valence electrons. The van der Waals surface area contributed by atoms with Gasteiger partial charge in [0.15, 0.2) is 6.61 Å². The Balaban J connectivity index is 1.31. The summed E-state index contributed by atoms with van der Waals surface area (Å²) < 4.78 is 5.61. The maximum Gasteiger partial charge on any atom is 0.294 e. The van der Waals surface area contributed by atoms with Crippen LogP contribution in [0, 0.1) is 0 Å². The van der Waals surface area contributed by atoms with Crippen molar-refractivity contribution in [1.29, 1.82) is 0 Å². The number of rotatable bonds is 6. The number of ether oxygens (including phenoxy) is 1. The van der Waals surface area contributed by atoms with Crippen molar-refractivity contribution in [3.63, 3.8) is 0 Å². The van der Waals surface area contributed by atoms with Crippen molar-refractivity contribution in [2.45, 2.75) is 38.5 Å². The monoisotopic (exact) mass is 471 g/mol. The SMILES string of the molecule is O=C(COc1ccc(/C=C2\SC(=O)N(CC(=O)N3CCCCC3)C2=O)cc1)N1CCCCC1. The molecule has 0 atom stereocenters. The number of carbonyl (C=O) groups excluding carboxylic acids is 4. The number of benzene rings is 1. The number of thioether (sulfide) groups is 1. The number of hydrogen-bond donors (Lipinski definition) is 0. The van der Waals surface area contributed by atoms with Crippen LogP contribution >= 0.6 is 11.8 Å². The molecule has 1 aromatic rings. The van der Waals surface area contributed by atoms with E-state index >= 15 is 0 Å². The van der Waals surface area contributed by atoms with Crippen LogP contribution in [-0.2, 0) is 14.4 Å². The van der Waals surface area contributed by atoms with Gasteiger partial charge in [-0.05, 0) is 74.1 Å². The maximum absolute atomic E-state index is 12.7. The van der Waals surface area contributed by atoms with E-state index in [-0.39, 0.29) is 25.0 Å². The van der Waals surface area contributed by atoms with E-state index in [1.807, 2.05) is 4.90 Å². The molecule has 0 N–H and O–H groups in total. The molecule has 0 unspecified atom stereocenters. The van der Waals surface area contributed by atoms with Crippen LogP contribution in [0.25, 0.3) is 6.08 Å². The minimum atomic E-state index is -0.442. The van der Waals surface area contributed by atoms with Gasteiger partial charge in [0, 0.05) is 26.2 Å². The summed E-state index contributed by atoms with van der Waals surface area (Å²) in [6, 6.07) is 7.01. The smallest absolute Gasteiger partial charge is 0.294 e. The van der Waals surface area contributed by atoms with Crippen LogP contribution in [-0.4, -0.2) is 77.0 Å². The summed E-state index contributed by atoms with van der Waals surface area (Å²) in [7, 11) is 0. The Morgan fingerprint density at radius 3 is 2.03 bits per heavy atom. The second-order valence-corrected chi connectivity index (χ2v) is 9.50. The molecule has 3 heterocycles. The summed E-state index contributed by atoms with van der Waals surface area (Å²) >= 11 is 0.846. The lowest BCUT2D eigenvalue weighted by Crippen LogP contribution is -2.44. The zero-order valence-electron chi connectivity index (χ0n) is 18.7. The molecule has 8 nitrogen and oxygen atoms in total. The molecule has 3 aliphatic rings. The fraction of sp³-hybridized carbons (Fsp3) is 0.500. The van der Waals surface area contributed by atoms with Gasteiger partial charge < -0.3 is 14.5 Å². The third kappa shape index (κ3) is 5.96. The van der Waals surface area contributed by atoms with Crippen LogP contribution in [0.1, 0.15) is 44.1 Å². The molecular weight excluding hydrogens is 442 g/mol. The third-order valence-electron chi connectivity index (χ3n) is 6.12. The van der Waals surface area contributed by atoms with Crippen molar-refractivity contribution >= 4 is 40.8 Å². The summed E-state index contributed by atoms with van der Waals surface area (Å²) in [5, 5.41) is -0.423. The number of carbonyl (C=O) groups is 4. The summed E-state index contributed by atoms with van der Waals surface area (Å²) in [6.45, 7) is 2.74. The van der Waals surface area contributed by atoms with Crippen LogP contribution in [0.15, 0.2) is 29.2 Å². The van der Waals surface area contributed by atoms with Crippen molar-refractivity contribution in [3.05, 3.63) is 34.7 Å². The van der Waals surface area contributed by atoms with E-state index in [1.165, 1.54) is 6.42 Å². The minimum absolute atomic E-state index is 0.00326. The van der Waals surface area contributed by atoms with Gasteiger partial charge in [-0.1, -0.05) is 12.1 Å². The summed E-state index contributed by atoms with van der Waals surface area (Å²) in [6.07, 6.45) is 7.90. The van der Waals surface area contributed by atoms with Gasteiger partial charge >= 0.3 is 0 Å². The van der Waals surface area contributed by atoms with Crippen LogP contribution in [0.3, 0.4) is 0 Å². The average Bonchev–Trinajstić information content (AvgIpc) is 3.11. The van der Waals surface area contributed by atoms with Crippen LogP contribution in [0.4, 0.5) is 4.79 Å². The highest BCUT2D eigenvalue weighted by molar-refractivity contribution is 8.18. The molecule has 0 saturated carbocycles. The number of likely N-dealkylation sites (tertiary alicyclic amines) is 2. The largest absolute Gasteiger partial charge is 0.484 e. The molecule has 0 bridgehead atoms. The summed E-state index contributed by atoms with van der Waals surface area (Å²) in [5.41, 5.74) is 0.734. The van der Waals surface area contributed by atoms with E-state index in [9.17, 15) is 19.2 Å². The Hall–Kier alpha value is -2.81. The minimum Gasteiger partial charge on any atom is -0.484 e. The van der Waals surface area contributed by atoms with Crippen LogP contribution in [0.2, 0.25) is 0 Å². The summed E-state index contributed by atoms with van der Waals surface area (Å²) in [5.74, 6) is -0.0639. The normalized spacial score (nSPS) is 20.5. The van der Waals surface area contributed by atoms with E-state index in [1.54, 1.807) is 35.2 Å². The second-order valence-electron chi connectivity index (χ2n) is 8.51. The molecule has 1 aromatic carbocycles. The van der Waals surface area contributed by atoms with Gasteiger partial charge in [-0.3, -0.25) is 24.1 Å². The fourth-order valence-corrected chi connectivity index (χ4v) is 5.04. The average molecular weight is 472 g/mol. The quantitative estimate of drug-likeness (QED) is 0.593. The highest BCUT2D eigenvalue weighted by atomic mass is 32.2. The molecule has 9 heteroatoms. The van der Waals surface area contributed by atoms with Gasteiger partial charge in [0.05, 0.1) is 4.91 Å². The zero-order chi connectivity index (χ0) is 23.2. The predicted octanol–water partition coefficient (Wildman–Crippen LogP) is 3.13. The van der Waals surface area contributed by atoms with E-state index < -0.39 is 11.1 Å². The van der Waals surface area contributed by atoms with Gasteiger partial charge in [-0.25, -0.2) is 0 Å². The third-order valence-corrected chi connectivity index (χ3v) is 7.03. The Kier molecular flexibility index (Phi) is 7.69. The molecule has 3 saturated heterocycles. The first kappa shape index (κ1) is 23.4. The molecular formula is C24H29N3O5S. The first-order valence-electron chi connectivity index (χ1n) is 11.5. The molecule has 0 aromatic heterocycles. The van der Waals surface area contributed by atoms with Crippen molar-refractivity contribution in [3.8, 4) is 5.75 Å². The van der Waals surface area contributed by atoms with Crippen molar-refractivity contribution in [2.24, 2.45) is 0 Å². The number of hydrogen-bond acceptors (Lipinski definition) is 6. The maximum atomic E-state index is 12.7. The van der Waals surface area contributed by atoms with Crippen LogP contribution < -0.4 is 4.74 Å². The molecule has 0 radical (unpaired) electrons. The first-order chi connectivity index (χ1) is 16.0. The predicted molar refractivity (Wildman–Crippen MR) is 125 cm³/mol. The van der Waals surface area contributed by atoms with E-state index in [0.29, 0.717) is 23.7 Å². The number of nitrogens with zero attached hydrogens (tertiary/aromatic N) is 3. The van der Waals surface area contributed by atoms with Crippen molar-refractivity contribution < 1.29 is 23.9 Å². The molecule has 3 fully saturated rings. The van der Waals surface area contributed by atoms with Gasteiger partial charge in [0.1, 0.15) is 12.3 Å². The standard InChI is InChI=1S/C24H29N3O5S/c28-21(25-11-3-1-4-12-25)16-27-23(30)20(33-24(27)31)15-18-7-9-19(10-8-18)32-17-22(29)26-13-5-2-6-14-26/h7-10,15H,1-6,11-14,16-17H2/b20-15-. The van der Waals surface area contributed by atoms with Gasteiger partial charge in [0.25, 0.3) is 17.1 Å². The number of amides is 4. The molecule has 3 aliphatic heterocycles. The van der Waals surface area contributed by atoms with Gasteiger partial charge in [0.2, 0.25) is 5.91 Å². The fourth-order valence-electron chi connectivity index (χ4n) is 4.21. The highest BCUT2D eigenvalue weighted by Gasteiger charge is 2.37. The Morgan fingerprint density at radius 1 is 0.848 bits per heavy atom. The zero-order valence-corrected chi connectivity index (χ0v) is 19.5. The molecule has 4 amide bonds. The van der Waals surface area contributed by atoms with Gasteiger partial charge in [-0.2, -0.15) is 0 Å². The van der Waals surface area contributed by atoms with Crippen molar-refractivity contribution in [1.82, 2.24) is 14.7 Å². The summed E-state index contributed by atoms with van der Waals surface area (Å²) in [4.78, 5) is 54.6. The number of piperidine rings is 2. The lowest BCUT2D eigenvalue weighted by atomic mass is 10.1. The topological polar surface area (TPSA) is 87.2 Å². The molecule has 4 rings (SSSR count). The lowest BCUT2D eigenvalue weighted by Gasteiger charge is -2.27. The Morgan fingerprint density at radius 2 is 1.42 bits per heavy atom.